The van der Waals surface area contributed by atoms with Crippen LogP contribution in [0.2, 0.25) is 0 Å². The second-order valence-corrected chi connectivity index (χ2v) is 5.87. The summed E-state index contributed by atoms with van der Waals surface area (Å²) < 4.78 is 0. The molecule has 1 aromatic rings. The predicted molar refractivity (Wildman–Crippen MR) is 71.1 cm³/mol. The third-order valence-electron chi connectivity index (χ3n) is 3.93. The molecule has 1 aliphatic rings. The van der Waals surface area contributed by atoms with Crippen molar-refractivity contribution >= 4 is 16.5 Å². The molecule has 0 aromatic carbocycles. The highest BCUT2D eigenvalue weighted by Gasteiger charge is 2.27. The van der Waals surface area contributed by atoms with Gasteiger partial charge in [0.05, 0.1) is 5.69 Å². The monoisotopic (exact) mass is 238 g/mol. The average Bonchev–Trinajstić information content (AvgIpc) is 2.73. The van der Waals surface area contributed by atoms with Crippen LogP contribution in [-0.2, 0) is 6.42 Å². The van der Waals surface area contributed by atoms with E-state index in [2.05, 4.69) is 36.5 Å². The highest BCUT2D eigenvalue weighted by Crippen LogP contribution is 2.32. The number of nitrogens with zero attached hydrogens (tertiary/aromatic N) is 1. The van der Waals surface area contributed by atoms with Crippen molar-refractivity contribution in [2.24, 2.45) is 11.8 Å². The van der Waals surface area contributed by atoms with E-state index in [0.717, 1.165) is 23.4 Å². The lowest BCUT2D eigenvalue weighted by molar-refractivity contribution is 0.253. The minimum atomic E-state index is 0.625. The number of aryl methyl sites for hydroxylation is 1. The van der Waals surface area contributed by atoms with Crippen molar-refractivity contribution in [3.8, 4) is 0 Å². The van der Waals surface area contributed by atoms with Crippen molar-refractivity contribution in [3.05, 3.63) is 11.1 Å². The molecule has 0 saturated heterocycles. The van der Waals surface area contributed by atoms with Gasteiger partial charge in [-0.3, -0.25) is 0 Å². The fourth-order valence-corrected chi connectivity index (χ4v) is 3.34. The number of thiazole rings is 1. The molecule has 2 nitrogen and oxygen atoms in total. The first-order valence-corrected chi connectivity index (χ1v) is 7.29. The Morgan fingerprint density at radius 2 is 2.25 bits per heavy atom. The van der Waals surface area contributed by atoms with E-state index in [1.807, 2.05) is 0 Å². The third-order valence-corrected chi connectivity index (χ3v) is 4.75. The number of hydrogen-bond donors (Lipinski definition) is 1. The number of aromatic nitrogens is 1. The van der Waals surface area contributed by atoms with Crippen LogP contribution >= 0.6 is 11.3 Å². The van der Waals surface area contributed by atoms with Crippen molar-refractivity contribution in [1.82, 2.24) is 4.98 Å². The van der Waals surface area contributed by atoms with Gasteiger partial charge in [-0.1, -0.05) is 33.6 Å². The van der Waals surface area contributed by atoms with E-state index in [-0.39, 0.29) is 0 Å². The number of rotatable bonds is 3. The Bertz CT molecular complexity index is 334. The summed E-state index contributed by atoms with van der Waals surface area (Å²) in [5.74, 6) is 1.61. The van der Waals surface area contributed by atoms with Crippen LogP contribution in [0.1, 0.15) is 45.7 Å². The standard InChI is InChI=1S/C13H22N2S/c1-4-11-8-16-13(14-11)15-12-7-5-6-9(2)10(12)3/h8-10,12H,4-7H2,1-3H3,(H,14,15). The van der Waals surface area contributed by atoms with Gasteiger partial charge in [0.25, 0.3) is 0 Å². The first kappa shape index (κ1) is 11.9. The molecule has 3 atom stereocenters. The first-order valence-electron chi connectivity index (χ1n) is 6.41. The van der Waals surface area contributed by atoms with E-state index >= 15 is 0 Å². The Morgan fingerprint density at radius 3 is 2.94 bits per heavy atom. The van der Waals surface area contributed by atoms with Crippen LogP contribution in [-0.4, -0.2) is 11.0 Å². The van der Waals surface area contributed by atoms with Crippen LogP contribution in [0.4, 0.5) is 5.13 Å². The molecule has 1 fully saturated rings. The molecule has 0 bridgehead atoms. The van der Waals surface area contributed by atoms with Gasteiger partial charge in [0, 0.05) is 11.4 Å². The number of anilines is 1. The second-order valence-electron chi connectivity index (χ2n) is 5.02. The van der Waals surface area contributed by atoms with Gasteiger partial charge in [0.1, 0.15) is 0 Å². The Balaban J connectivity index is 1.97. The molecule has 1 aliphatic carbocycles. The quantitative estimate of drug-likeness (QED) is 0.862. The molecular formula is C13H22N2S. The van der Waals surface area contributed by atoms with Crippen molar-refractivity contribution in [1.29, 1.82) is 0 Å². The molecule has 1 aromatic heterocycles. The van der Waals surface area contributed by atoms with Gasteiger partial charge in [-0.15, -0.1) is 11.3 Å². The minimum absolute atomic E-state index is 0.625. The summed E-state index contributed by atoms with van der Waals surface area (Å²) in [4.78, 5) is 4.59. The SMILES string of the molecule is CCc1csc(NC2CCCC(C)C2C)n1. The molecule has 1 N–H and O–H groups in total. The van der Waals surface area contributed by atoms with Gasteiger partial charge in [-0.2, -0.15) is 0 Å². The topological polar surface area (TPSA) is 24.9 Å². The highest BCUT2D eigenvalue weighted by atomic mass is 32.1. The fourth-order valence-electron chi connectivity index (χ4n) is 2.48. The van der Waals surface area contributed by atoms with Gasteiger partial charge in [-0.25, -0.2) is 4.98 Å². The fraction of sp³-hybridized carbons (Fsp3) is 0.769. The molecule has 16 heavy (non-hydrogen) atoms. The van der Waals surface area contributed by atoms with Crippen molar-refractivity contribution < 1.29 is 0 Å². The maximum atomic E-state index is 4.59. The van der Waals surface area contributed by atoms with Gasteiger partial charge in [0.2, 0.25) is 0 Å². The maximum absolute atomic E-state index is 4.59. The van der Waals surface area contributed by atoms with Gasteiger partial charge in [-0.05, 0) is 24.7 Å². The van der Waals surface area contributed by atoms with Crippen LogP contribution < -0.4 is 5.32 Å². The minimum Gasteiger partial charge on any atom is -0.359 e. The van der Waals surface area contributed by atoms with E-state index in [1.54, 1.807) is 11.3 Å². The summed E-state index contributed by atoms with van der Waals surface area (Å²) in [6.45, 7) is 6.90. The highest BCUT2D eigenvalue weighted by molar-refractivity contribution is 7.13. The molecular weight excluding hydrogens is 216 g/mol. The Morgan fingerprint density at radius 1 is 1.44 bits per heavy atom. The van der Waals surface area contributed by atoms with E-state index < -0.39 is 0 Å². The molecule has 0 aliphatic heterocycles. The predicted octanol–water partition coefficient (Wildman–Crippen LogP) is 3.94. The largest absolute Gasteiger partial charge is 0.359 e. The van der Waals surface area contributed by atoms with Crippen LogP contribution in [0.3, 0.4) is 0 Å². The van der Waals surface area contributed by atoms with Crippen LogP contribution in [0.15, 0.2) is 5.38 Å². The Hall–Kier alpha value is -0.570. The zero-order chi connectivity index (χ0) is 11.5. The van der Waals surface area contributed by atoms with E-state index in [4.69, 9.17) is 0 Å². The summed E-state index contributed by atoms with van der Waals surface area (Å²) >= 11 is 1.75. The van der Waals surface area contributed by atoms with Gasteiger partial charge in [0.15, 0.2) is 5.13 Å². The lowest BCUT2D eigenvalue weighted by Crippen LogP contribution is -2.34. The third kappa shape index (κ3) is 2.57. The summed E-state index contributed by atoms with van der Waals surface area (Å²) in [5.41, 5.74) is 1.21. The summed E-state index contributed by atoms with van der Waals surface area (Å²) in [6.07, 6.45) is 5.08. The normalized spacial score (nSPS) is 30.3. The number of hydrogen-bond acceptors (Lipinski definition) is 3. The van der Waals surface area contributed by atoms with Gasteiger partial charge < -0.3 is 5.32 Å². The van der Waals surface area contributed by atoms with Crippen LogP contribution in [0, 0.1) is 11.8 Å². The Labute approximate surface area is 102 Å². The molecule has 90 valence electrons. The second kappa shape index (κ2) is 5.17. The summed E-state index contributed by atoms with van der Waals surface area (Å²) in [6, 6.07) is 0.625. The zero-order valence-corrected chi connectivity index (χ0v) is 11.3. The Kier molecular flexibility index (Phi) is 3.85. The molecule has 2 rings (SSSR count). The van der Waals surface area contributed by atoms with E-state index in [1.165, 1.54) is 25.0 Å². The molecule has 1 heterocycles. The summed E-state index contributed by atoms with van der Waals surface area (Å²) in [7, 11) is 0. The van der Waals surface area contributed by atoms with Crippen molar-refractivity contribution in [2.45, 2.75) is 52.5 Å². The molecule has 1 saturated carbocycles. The lowest BCUT2D eigenvalue weighted by Gasteiger charge is -2.34. The smallest absolute Gasteiger partial charge is 0.183 e. The van der Waals surface area contributed by atoms with E-state index in [0.29, 0.717) is 6.04 Å². The zero-order valence-electron chi connectivity index (χ0n) is 10.5. The van der Waals surface area contributed by atoms with Gasteiger partial charge >= 0.3 is 0 Å². The van der Waals surface area contributed by atoms with E-state index in [9.17, 15) is 0 Å². The summed E-state index contributed by atoms with van der Waals surface area (Å²) in [5, 5.41) is 6.90. The molecule has 3 unspecified atom stereocenters. The first-order chi connectivity index (χ1) is 7.70. The van der Waals surface area contributed by atoms with Crippen molar-refractivity contribution in [2.75, 3.05) is 5.32 Å². The molecule has 3 heteroatoms. The molecule has 0 amide bonds. The lowest BCUT2D eigenvalue weighted by atomic mass is 9.78. The molecule has 0 radical (unpaired) electrons. The number of nitrogens with one attached hydrogen (secondary N) is 1. The van der Waals surface area contributed by atoms with Crippen molar-refractivity contribution in [3.63, 3.8) is 0 Å². The maximum Gasteiger partial charge on any atom is 0.183 e. The van der Waals surface area contributed by atoms with Crippen LogP contribution in [0.5, 0.6) is 0 Å². The average molecular weight is 238 g/mol. The molecule has 0 spiro atoms. The van der Waals surface area contributed by atoms with Crippen LogP contribution in [0.25, 0.3) is 0 Å².